The molecule has 1 unspecified atom stereocenters. The summed E-state index contributed by atoms with van der Waals surface area (Å²) in [6.07, 6.45) is 0.619. The van der Waals surface area contributed by atoms with Crippen molar-refractivity contribution in [1.29, 1.82) is 0 Å². The number of ether oxygens (including phenoxy) is 2. The van der Waals surface area contributed by atoms with Crippen LogP contribution >= 0.6 is 22.7 Å². The first-order valence-electron chi connectivity index (χ1n) is 24.6. The van der Waals surface area contributed by atoms with Crippen LogP contribution in [0.3, 0.4) is 0 Å². The summed E-state index contributed by atoms with van der Waals surface area (Å²) in [4.78, 5) is 5.10. The number of fused-ring (bicyclic) bond motifs is 14. The van der Waals surface area contributed by atoms with E-state index in [2.05, 4.69) is 208 Å². The molecular formula is C63H47BN2O2S2. The van der Waals surface area contributed by atoms with Gasteiger partial charge in [0.25, 0.3) is 6.71 Å². The largest absolute Gasteiger partial charge is 0.489 e. The number of anilines is 6. The van der Waals surface area contributed by atoms with E-state index in [1.54, 1.807) is 0 Å². The fraction of sp³-hybridized carbons (Fsp3) is 0.143. The third-order valence-electron chi connectivity index (χ3n) is 15.5. The summed E-state index contributed by atoms with van der Waals surface area (Å²) in [7, 11) is 0. The normalized spacial score (nSPS) is 15.4. The van der Waals surface area contributed by atoms with Gasteiger partial charge in [0.05, 0.1) is 18.0 Å². The van der Waals surface area contributed by atoms with Gasteiger partial charge in [-0.15, -0.1) is 22.7 Å². The summed E-state index contributed by atoms with van der Waals surface area (Å²) in [6, 6.07) is 62.2. The molecule has 9 aromatic carbocycles. The minimum absolute atomic E-state index is 0.0314. The van der Waals surface area contributed by atoms with Gasteiger partial charge in [0.1, 0.15) is 6.10 Å². The van der Waals surface area contributed by atoms with Crippen LogP contribution in [-0.4, -0.2) is 13.3 Å². The lowest BCUT2D eigenvalue weighted by atomic mass is 9.33. The molecule has 0 fully saturated rings. The molecule has 6 heterocycles. The first-order valence-corrected chi connectivity index (χ1v) is 26.2. The average Bonchev–Trinajstić information content (AvgIpc) is 3.79. The van der Waals surface area contributed by atoms with E-state index >= 15 is 0 Å². The Morgan fingerprint density at radius 3 is 1.86 bits per heavy atom. The van der Waals surface area contributed by atoms with E-state index in [4.69, 9.17) is 9.47 Å². The van der Waals surface area contributed by atoms with E-state index < -0.39 is 0 Å². The van der Waals surface area contributed by atoms with Crippen molar-refractivity contribution in [2.45, 2.75) is 52.6 Å². The van der Waals surface area contributed by atoms with Crippen molar-refractivity contribution < 1.29 is 9.47 Å². The van der Waals surface area contributed by atoms with Crippen LogP contribution in [0.1, 0.15) is 55.5 Å². The third-order valence-corrected chi connectivity index (χ3v) is 17.8. The molecule has 0 aliphatic carbocycles. The minimum atomic E-state index is -0.150. The Bertz CT molecular complexity index is 4070. The highest BCUT2D eigenvalue weighted by Gasteiger charge is 2.48. The van der Waals surface area contributed by atoms with Crippen molar-refractivity contribution in [3.05, 3.63) is 186 Å². The first-order chi connectivity index (χ1) is 34.1. The molecule has 2 bridgehead atoms. The topological polar surface area (TPSA) is 24.9 Å². The molecule has 0 saturated carbocycles. The van der Waals surface area contributed by atoms with E-state index in [9.17, 15) is 0 Å². The first kappa shape index (κ1) is 40.6. The lowest BCUT2D eigenvalue weighted by Gasteiger charge is -2.45. The number of hydrogen-bond acceptors (Lipinski definition) is 6. The zero-order valence-electron chi connectivity index (χ0n) is 39.7. The molecule has 11 aromatic rings. The van der Waals surface area contributed by atoms with Crippen molar-refractivity contribution >= 4 is 120 Å². The van der Waals surface area contributed by atoms with Crippen molar-refractivity contribution in [2.24, 2.45) is 0 Å². The molecule has 0 radical (unpaired) electrons. The molecule has 1 atom stereocenters. The van der Waals surface area contributed by atoms with E-state index in [0.717, 1.165) is 29.3 Å². The van der Waals surface area contributed by atoms with Gasteiger partial charge < -0.3 is 19.3 Å². The molecule has 70 heavy (non-hydrogen) atoms. The van der Waals surface area contributed by atoms with Crippen molar-refractivity contribution in [1.82, 2.24) is 0 Å². The van der Waals surface area contributed by atoms with Crippen LogP contribution in [-0.2, 0) is 5.41 Å². The Morgan fingerprint density at radius 1 is 0.543 bits per heavy atom. The van der Waals surface area contributed by atoms with E-state index in [1.807, 2.05) is 22.7 Å². The van der Waals surface area contributed by atoms with Crippen LogP contribution in [0.15, 0.2) is 164 Å². The smallest absolute Gasteiger partial charge is 0.252 e. The molecule has 2 aromatic heterocycles. The number of rotatable bonds is 3. The summed E-state index contributed by atoms with van der Waals surface area (Å²) in [5, 5.41) is 5.28. The molecule has 15 rings (SSSR count). The summed E-state index contributed by atoms with van der Waals surface area (Å²) in [6.45, 7) is 12.0. The Morgan fingerprint density at radius 2 is 1.16 bits per heavy atom. The highest BCUT2D eigenvalue weighted by Crippen LogP contribution is 2.56. The van der Waals surface area contributed by atoms with Crippen LogP contribution < -0.4 is 35.7 Å². The van der Waals surface area contributed by atoms with Crippen molar-refractivity contribution in [3.63, 3.8) is 0 Å². The maximum Gasteiger partial charge on any atom is 0.252 e. The molecule has 4 aliphatic heterocycles. The highest BCUT2D eigenvalue weighted by molar-refractivity contribution is 7.26. The molecule has 0 saturated heterocycles. The van der Waals surface area contributed by atoms with E-state index in [-0.39, 0.29) is 18.2 Å². The maximum absolute atomic E-state index is 7.33. The number of aryl methyl sites for hydroxylation is 2. The zero-order chi connectivity index (χ0) is 46.7. The Kier molecular flexibility index (Phi) is 8.47. The lowest BCUT2D eigenvalue weighted by molar-refractivity contribution is 0.197. The van der Waals surface area contributed by atoms with Crippen molar-refractivity contribution in [3.8, 4) is 33.8 Å². The number of nitrogens with zero attached hydrogens (tertiary/aromatic N) is 2. The summed E-state index contributed by atoms with van der Waals surface area (Å²) < 4.78 is 19.2. The standard InChI is InChI=1S/C63H47BN2O2S2/c1-35-28-51-59-52(29-35)66-60-36(2)30-41(63(3,4)5)34-47(60)53-26-27-67-54-25-23-48(61(66)62(54)68-53)64(59)49-31-38(40-17-22-46-44-11-7-9-13-56(44)70-58(46)33-40)18-24-50(49)65(51)42-19-14-37(15-20-42)39-16-21-45-43-10-6-8-12-55(43)69-57(45)32-39/h6-25,28-34,53H,26-27H2,1-5H3. The Hall–Kier alpha value is -7.32. The van der Waals surface area contributed by atoms with Crippen LogP contribution in [0.5, 0.6) is 11.5 Å². The molecule has 4 aliphatic rings. The van der Waals surface area contributed by atoms with Gasteiger partial charge >= 0.3 is 0 Å². The van der Waals surface area contributed by atoms with Crippen LogP contribution in [0.2, 0.25) is 0 Å². The van der Waals surface area contributed by atoms with Gasteiger partial charge in [-0.1, -0.05) is 118 Å². The third kappa shape index (κ3) is 5.82. The van der Waals surface area contributed by atoms with Gasteiger partial charge in [-0.05, 0) is 141 Å². The monoisotopic (exact) mass is 938 g/mol. The second-order valence-electron chi connectivity index (χ2n) is 20.8. The fourth-order valence-corrected chi connectivity index (χ4v) is 14.5. The minimum Gasteiger partial charge on any atom is -0.489 e. The van der Waals surface area contributed by atoms with Gasteiger partial charge in [-0.2, -0.15) is 0 Å². The molecular weight excluding hydrogens is 892 g/mol. The predicted octanol–water partition coefficient (Wildman–Crippen LogP) is 16.0. The molecule has 7 heteroatoms. The number of thiophene rings is 2. The maximum atomic E-state index is 7.33. The van der Waals surface area contributed by atoms with Gasteiger partial charge in [0.2, 0.25) is 0 Å². The number of hydrogen-bond donors (Lipinski definition) is 0. The van der Waals surface area contributed by atoms with Gasteiger partial charge in [0, 0.05) is 75.1 Å². The zero-order valence-corrected chi connectivity index (χ0v) is 41.3. The number of benzene rings is 9. The SMILES string of the molecule is Cc1cc2c3c(c1)N1c4c(C)cc(C(C)(C)C)cc4C4CCOc5ccc(c1c5O4)B3c1cc(-c3ccc4c(c3)sc3ccccc34)ccc1N2c1ccc(-c2ccc3c(c2)sc2ccccc23)cc1. The van der Waals surface area contributed by atoms with Crippen molar-refractivity contribution in [2.75, 3.05) is 16.4 Å². The lowest BCUT2D eigenvalue weighted by Crippen LogP contribution is -2.61. The molecule has 4 nitrogen and oxygen atoms in total. The fourth-order valence-electron chi connectivity index (χ4n) is 12.2. The van der Waals surface area contributed by atoms with Crippen LogP contribution in [0, 0.1) is 13.8 Å². The molecule has 336 valence electrons. The predicted molar refractivity (Wildman–Crippen MR) is 299 cm³/mol. The van der Waals surface area contributed by atoms with Gasteiger partial charge in [0.15, 0.2) is 11.5 Å². The average molecular weight is 939 g/mol. The van der Waals surface area contributed by atoms with Crippen LogP contribution in [0.25, 0.3) is 62.6 Å². The second-order valence-corrected chi connectivity index (χ2v) is 23.0. The van der Waals surface area contributed by atoms with E-state index in [1.165, 1.54) is 124 Å². The summed E-state index contributed by atoms with van der Waals surface area (Å²) >= 11 is 3.75. The highest BCUT2D eigenvalue weighted by atomic mass is 32.1. The Labute approximate surface area is 416 Å². The Balaban J connectivity index is 0.963. The second kappa shape index (κ2) is 14.6. The van der Waals surface area contributed by atoms with Crippen LogP contribution in [0.4, 0.5) is 34.1 Å². The van der Waals surface area contributed by atoms with Gasteiger partial charge in [-0.25, -0.2) is 0 Å². The van der Waals surface area contributed by atoms with Gasteiger partial charge in [-0.3, -0.25) is 0 Å². The molecule has 0 amide bonds. The molecule has 0 N–H and O–H groups in total. The molecule has 0 spiro atoms. The van der Waals surface area contributed by atoms with E-state index in [0.29, 0.717) is 6.61 Å². The summed E-state index contributed by atoms with van der Waals surface area (Å²) in [5.41, 5.74) is 20.7. The quantitative estimate of drug-likeness (QED) is 0.165. The summed E-state index contributed by atoms with van der Waals surface area (Å²) in [5.74, 6) is 1.67.